The van der Waals surface area contributed by atoms with E-state index in [4.69, 9.17) is 23.2 Å². The van der Waals surface area contributed by atoms with Crippen molar-refractivity contribution >= 4 is 28.8 Å². The fourth-order valence-corrected chi connectivity index (χ4v) is 2.57. The summed E-state index contributed by atoms with van der Waals surface area (Å²) in [7, 11) is 0. The summed E-state index contributed by atoms with van der Waals surface area (Å²) in [5.41, 5.74) is 3.67. The van der Waals surface area contributed by atoms with Crippen LogP contribution in [0.2, 0.25) is 5.02 Å². The highest BCUT2D eigenvalue weighted by Crippen LogP contribution is 2.33. The molecule has 1 aliphatic carbocycles. The van der Waals surface area contributed by atoms with Gasteiger partial charge < -0.3 is 0 Å². The molecule has 0 nitrogen and oxygen atoms in total. The molecule has 0 aliphatic heterocycles. The molecule has 0 amide bonds. The van der Waals surface area contributed by atoms with Gasteiger partial charge in [0, 0.05) is 5.02 Å². The Hall–Kier alpha value is -0.460. The SMILES string of the molecule is CC(Cl)c1ccc(C2=CCCCC2)c(Cl)c1. The minimum Gasteiger partial charge on any atom is -0.118 e. The molecule has 0 spiro atoms. The fraction of sp³-hybridized carbons (Fsp3) is 0.429. The van der Waals surface area contributed by atoms with Crippen molar-refractivity contribution in [3.8, 4) is 0 Å². The summed E-state index contributed by atoms with van der Waals surface area (Å²) in [6.07, 6.45) is 7.22. The van der Waals surface area contributed by atoms with Crippen molar-refractivity contribution in [2.24, 2.45) is 0 Å². The van der Waals surface area contributed by atoms with E-state index in [1.165, 1.54) is 30.4 Å². The van der Waals surface area contributed by atoms with Crippen molar-refractivity contribution < 1.29 is 0 Å². The zero-order valence-electron chi connectivity index (χ0n) is 9.47. The van der Waals surface area contributed by atoms with Crippen molar-refractivity contribution in [2.45, 2.75) is 38.0 Å². The van der Waals surface area contributed by atoms with Gasteiger partial charge in [-0.1, -0.05) is 29.8 Å². The van der Waals surface area contributed by atoms with Gasteiger partial charge in [0.05, 0.1) is 5.38 Å². The second-order valence-electron chi connectivity index (χ2n) is 4.33. The van der Waals surface area contributed by atoms with Gasteiger partial charge in [-0.3, -0.25) is 0 Å². The lowest BCUT2D eigenvalue weighted by Crippen LogP contribution is -1.94. The molecule has 1 unspecified atom stereocenters. The molecular weight excluding hydrogens is 239 g/mol. The first kappa shape index (κ1) is 12.0. The third-order valence-electron chi connectivity index (χ3n) is 3.09. The standard InChI is InChI=1S/C14H16Cl2/c1-10(15)12-7-8-13(14(16)9-12)11-5-3-2-4-6-11/h5,7-10H,2-4,6H2,1H3. The van der Waals surface area contributed by atoms with Gasteiger partial charge in [-0.2, -0.15) is 0 Å². The summed E-state index contributed by atoms with van der Waals surface area (Å²) in [6, 6.07) is 6.17. The van der Waals surface area contributed by atoms with Crippen LogP contribution < -0.4 is 0 Å². The van der Waals surface area contributed by atoms with E-state index >= 15 is 0 Å². The number of hydrogen-bond donors (Lipinski definition) is 0. The number of alkyl halides is 1. The van der Waals surface area contributed by atoms with Crippen LogP contribution in [-0.4, -0.2) is 0 Å². The molecule has 0 saturated heterocycles. The molecule has 0 radical (unpaired) electrons. The van der Waals surface area contributed by atoms with Gasteiger partial charge in [0.2, 0.25) is 0 Å². The van der Waals surface area contributed by atoms with Crippen LogP contribution in [0.15, 0.2) is 24.3 Å². The van der Waals surface area contributed by atoms with Crippen molar-refractivity contribution in [1.29, 1.82) is 0 Å². The minimum absolute atomic E-state index is 0.0203. The normalized spacial score (nSPS) is 18.1. The fourth-order valence-electron chi connectivity index (χ4n) is 2.12. The number of rotatable bonds is 2. The molecule has 1 aromatic carbocycles. The third kappa shape index (κ3) is 2.61. The van der Waals surface area contributed by atoms with Crippen LogP contribution in [-0.2, 0) is 0 Å². The van der Waals surface area contributed by atoms with Crippen LogP contribution in [0.5, 0.6) is 0 Å². The van der Waals surface area contributed by atoms with Gasteiger partial charge in [0.25, 0.3) is 0 Å². The zero-order chi connectivity index (χ0) is 11.5. The summed E-state index contributed by atoms with van der Waals surface area (Å²) in [5, 5.41) is 0.852. The molecule has 0 fully saturated rings. The van der Waals surface area contributed by atoms with Gasteiger partial charge in [0.1, 0.15) is 0 Å². The molecule has 2 heteroatoms. The lowest BCUT2D eigenvalue weighted by Gasteiger charge is -2.15. The molecule has 16 heavy (non-hydrogen) atoms. The number of halogens is 2. The quantitative estimate of drug-likeness (QED) is 0.603. The van der Waals surface area contributed by atoms with E-state index in [1.54, 1.807) is 0 Å². The maximum absolute atomic E-state index is 6.31. The van der Waals surface area contributed by atoms with Gasteiger partial charge >= 0.3 is 0 Å². The molecule has 1 atom stereocenters. The number of allylic oxidation sites excluding steroid dienone is 2. The Labute approximate surface area is 107 Å². The molecule has 86 valence electrons. The van der Waals surface area contributed by atoms with Crippen molar-refractivity contribution in [3.63, 3.8) is 0 Å². The van der Waals surface area contributed by atoms with E-state index in [-0.39, 0.29) is 5.38 Å². The highest BCUT2D eigenvalue weighted by molar-refractivity contribution is 6.32. The first-order valence-electron chi connectivity index (χ1n) is 5.81. The Kier molecular flexibility index (Phi) is 3.94. The molecule has 0 bridgehead atoms. The van der Waals surface area contributed by atoms with E-state index < -0.39 is 0 Å². The number of benzene rings is 1. The second kappa shape index (κ2) is 5.25. The summed E-state index contributed by atoms with van der Waals surface area (Å²) in [6.45, 7) is 1.97. The largest absolute Gasteiger partial charge is 0.118 e. The maximum Gasteiger partial charge on any atom is 0.0557 e. The predicted molar refractivity (Wildman–Crippen MR) is 72.2 cm³/mol. The Morgan fingerprint density at radius 2 is 2.06 bits per heavy atom. The lowest BCUT2D eigenvalue weighted by atomic mass is 9.93. The van der Waals surface area contributed by atoms with Gasteiger partial charge in [0.15, 0.2) is 0 Å². The van der Waals surface area contributed by atoms with Gasteiger partial charge in [-0.05, 0) is 55.4 Å². The average Bonchev–Trinajstić information content (AvgIpc) is 2.30. The van der Waals surface area contributed by atoms with E-state index in [0.717, 1.165) is 17.0 Å². The highest BCUT2D eigenvalue weighted by atomic mass is 35.5. The summed E-state index contributed by atoms with van der Waals surface area (Å²) >= 11 is 12.3. The number of hydrogen-bond acceptors (Lipinski definition) is 0. The van der Waals surface area contributed by atoms with E-state index in [1.807, 2.05) is 13.0 Å². The van der Waals surface area contributed by atoms with E-state index in [0.29, 0.717) is 0 Å². The van der Waals surface area contributed by atoms with Crippen molar-refractivity contribution in [3.05, 3.63) is 40.4 Å². The molecule has 1 aliphatic rings. The van der Waals surface area contributed by atoms with Crippen LogP contribution in [0.3, 0.4) is 0 Å². The molecule has 0 heterocycles. The Bertz CT molecular complexity index is 405. The molecule has 0 saturated carbocycles. The summed E-state index contributed by atoms with van der Waals surface area (Å²) < 4.78 is 0. The van der Waals surface area contributed by atoms with E-state index in [2.05, 4.69) is 18.2 Å². The highest BCUT2D eigenvalue weighted by Gasteiger charge is 2.11. The summed E-state index contributed by atoms with van der Waals surface area (Å²) in [4.78, 5) is 0. The van der Waals surface area contributed by atoms with Crippen LogP contribution >= 0.6 is 23.2 Å². The monoisotopic (exact) mass is 254 g/mol. The summed E-state index contributed by atoms with van der Waals surface area (Å²) in [5.74, 6) is 0. The molecule has 0 N–H and O–H groups in total. The van der Waals surface area contributed by atoms with Crippen LogP contribution in [0.25, 0.3) is 5.57 Å². The second-order valence-corrected chi connectivity index (χ2v) is 5.39. The maximum atomic E-state index is 6.31. The predicted octanol–water partition coefficient (Wildman–Crippen LogP) is 5.60. The third-order valence-corrected chi connectivity index (χ3v) is 3.65. The van der Waals surface area contributed by atoms with Crippen LogP contribution in [0.4, 0.5) is 0 Å². The smallest absolute Gasteiger partial charge is 0.0557 e. The molecule has 2 rings (SSSR count). The lowest BCUT2D eigenvalue weighted by molar-refractivity contribution is 0.742. The first-order valence-corrected chi connectivity index (χ1v) is 6.63. The van der Waals surface area contributed by atoms with Crippen LogP contribution in [0.1, 0.15) is 49.1 Å². The van der Waals surface area contributed by atoms with Crippen molar-refractivity contribution in [2.75, 3.05) is 0 Å². The van der Waals surface area contributed by atoms with Crippen molar-refractivity contribution in [1.82, 2.24) is 0 Å². The average molecular weight is 255 g/mol. The zero-order valence-corrected chi connectivity index (χ0v) is 11.0. The Morgan fingerprint density at radius 1 is 1.25 bits per heavy atom. The molecule has 1 aromatic rings. The van der Waals surface area contributed by atoms with Gasteiger partial charge in [-0.25, -0.2) is 0 Å². The first-order chi connectivity index (χ1) is 7.68. The minimum atomic E-state index is 0.0203. The van der Waals surface area contributed by atoms with E-state index in [9.17, 15) is 0 Å². The van der Waals surface area contributed by atoms with Crippen LogP contribution in [0, 0.1) is 0 Å². The molecule has 0 aromatic heterocycles. The Morgan fingerprint density at radius 3 is 2.62 bits per heavy atom. The topological polar surface area (TPSA) is 0 Å². The molecular formula is C14H16Cl2. The Balaban J connectivity index is 2.32. The van der Waals surface area contributed by atoms with Gasteiger partial charge in [-0.15, -0.1) is 11.6 Å².